The number of carbonyl (C=O) groups excluding carboxylic acids is 1. The molecule has 0 aliphatic carbocycles. The van der Waals surface area contributed by atoms with Crippen molar-refractivity contribution in [3.05, 3.63) is 150 Å². The summed E-state index contributed by atoms with van der Waals surface area (Å²) in [4.78, 5) is 26.9. The number of benzene rings is 5. The van der Waals surface area contributed by atoms with E-state index in [1.807, 2.05) is 77.5 Å². The maximum atomic E-state index is 14.3. The van der Waals surface area contributed by atoms with Crippen LogP contribution in [0.2, 0.25) is 0 Å². The van der Waals surface area contributed by atoms with Crippen molar-refractivity contribution in [2.45, 2.75) is 52.4 Å². The molecule has 3 heterocycles. The highest BCUT2D eigenvalue weighted by molar-refractivity contribution is 7.99. The fraction of sp³-hybridized carbons (Fsp3) is 0.260. The Morgan fingerprint density at radius 2 is 1.61 bits per heavy atom. The molecule has 7 aromatic rings. The van der Waals surface area contributed by atoms with E-state index in [0.717, 1.165) is 27.8 Å². The second kappa shape index (κ2) is 21.3. The summed E-state index contributed by atoms with van der Waals surface area (Å²) in [7, 11) is -11.1. The highest BCUT2D eigenvalue weighted by Crippen LogP contribution is 2.37. The summed E-state index contributed by atoms with van der Waals surface area (Å²) in [6.45, 7) is 4.84. The summed E-state index contributed by atoms with van der Waals surface area (Å²) < 4.78 is 111. The number of nitrogens with one attached hydrogen (secondary N) is 2. The molecule has 1 amide bonds. The van der Waals surface area contributed by atoms with Crippen LogP contribution < -0.4 is 14.8 Å². The summed E-state index contributed by atoms with van der Waals surface area (Å²) in [6.07, 6.45) is 1.22. The molecule has 1 atom stereocenters. The Morgan fingerprint density at radius 1 is 0.886 bits per heavy atom. The number of thioether (sulfide) groups is 1. The van der Waals surface area contributed by atoms with E-state index in [1.54, 1.807) is 25.1 Å². The van der Waals surface area contributed by atoms with E-state index in [2.05, 4.69) is 15.3 Å². The zero-order valence-corrected chi connectivity index (χ0v) is 40.1. The van der Waals surface area contributed by atoms with Gasteiger partial charge >= 0.3 is 11.5 Å². The Morgan fingerprint density at radius 3 is 2.36 bits per heavy atom. The number of rotatable bonds is 19. The van der Waals surface area contributed by atoms with Gasteiger partial charge in [0.05, 0.1) is 41.6 Å². The van der Waals surface area contributed by atoms with Gasteiger partial charge in [-0.3, -0.25) is 9.69 Å². The normalized spacial score (nSPS) is 14.1. The summed E-state index contributed by atoms with van der Waals surface area (Å²) >= 11 is 1.42. The molecule has 70 heavy (non-hydrogen) atoms. The first-order chi connectivity index (χ1) is 33.5. The fourth-order valence-corrected chi connectivity index (χ4v) is 11.3. The molecule has 0 unspecified atom stereocenters. The molecule has 0 radical (unpaired) electrons. The fourth-order valence-electron chi connectivity index (χ4n) is 8.26. The van der Waals surface area contributed by atoms with Gasteiger partial charge in [0.15, 0.2) is 5.69 Å². The van der Waals surface area contributed by atoms with Gasteiger partial charge in [0, 0.05) is 58.4 Å². The van der Waals surface area contributed by atoms with E-state index in [9.17, 15) is 44.7 Å². The van der Waals surface area contributed by atoms with E-state index in [0.29, 0.717) is 104 Å². The predicted octanol–water partition coefficient (Wildman–Crippen LogP) is 8.88. The number of morpholine rings is 1. The Kier molecular flexibility index (Phi) is 15.2. The molecular weight excluding hydrogens is 968 g/mol. The molecule has 20 heteroatoms. The van der Waals surface area contributed by atoms with Crippen LogP contribution in [0, 0.1) is 6.92 Å². The highest BCUT2D eigenvalue weighted by atomic mass is 32.2. The molecule has 14 nitrogen and oxygen atoms in total. The average Bonchev–Trinajstić information content (AvgIpc) is 3.73. The first-order valence-corrected chi connectivity index (χ1v) is 26.2. The molecule has 2 aromatic heterocycles. The summed E-state index contributed by atoms with van der Waals surface area (Å²) in [6, 6.07) is 34.1. The van der Waals surface area contributed by atoms with Gasteiger partial charge in [-0.05, 0) is 97.8 Å². The number of nitrogens with zero attached hydrogens (tertiary/aromatic N) is 3. The zero-order chi connectivity index (χ0) is 49.6. The molecule has 1 aliphatic heterocycles. The number of alkyl halides is 3. The summed E-state index contributed by atoms with van der Waals surface area (Å²) in [5.74, 6) is -1.32. The number of ether oxygens (including phenoxy) is 2. The van der Waals surface area contributed by atoms with Crippen molar-refractivity contribution in [2.75, 3.05) is 50.5 Å². The average molecular weight is 1020 g/mol. The van der Waals surface area contributed by atoms with Gasteiger partial charge in [-0.1, -0.05) is 66.7 Å². The molecule has 1 fully saturated rings. The molecule has 3 N–H and O–H groups in total. The number of halogens is 3. The predicted molar refractivity (Wildman–Crippen MR) is 261 cm³/mol. The van der Waals surface area contributed by atoms with Crippen molar-refractivity contribution < 1.29 is 54.2 Å². The van der Waals surface area contributed by atoms with Crippen LogP contribution in [0.25, 0.3) is 27.5 Å². The number of amides is 1. The number of carboxylic acid groups (broad SMARTS) is 1. The van der Waals surface area contributed by atoms with Crippen molar-refractivity contribution in [1.29, 1.82) is 0 Å². The molecule has 1 aliphatic rings. The van der Waals surface area contributed by atoms with Crippen LogP contribution in [0.3, 0.4) is 0 Å². The number of pyridine rings is 1. The third-order valence-corrected chi connectivity index (χ3v) is 15.9. The number of sulfone groups is 1. The van der Waals surface area contributed by atoms with Crippen molar-refractivity contribution >= 4 is 65.5 Å². The minimum absolute atomic E-state index is 0.142. The molecule has 0 bridgehead atoms. The van der Waals surface area contributed by atoms with E-state index in [4.69, 9.17) is 9.47 Å². The Hall–Kier alpha value is -6.45. The molecule has 1 saturated heterocycles. The topological polar surface area (TPSA) is 186 Å². The van der Waals surface area contributed by atoms with Crippen LogP contribution in [-0.4, -0.2) is 105 Å². The first-order valence-electron chi connectivity index (χ1n) is 22.2. The van der Waals surface area contributed by atoms with E-state index in [1.165, 1.54) is 34.5 Å². The smallest absolute Gasteiger partial charge is 0.493 e. The van der Waals surface area contributed by atoms with Crippen molar-refractivity contribution in [2.24, 2.45) is 0 Å². The standard InChI is InChI=1S/C50H48F3N5O9S3/c1-33-30-35(19-21-39(33)43-16-8-17-44-41(47(49(60)61)55-58(43)44)15-9-27-67-45-18-7-11-34-10-5-6-14-40(34)45)48(59)56-70(64,65)38-20-22-42(46(31-38)69(62,63)50(51,52)53)54-36(23-24-57-25-28-66-29-26-57)32-68-37-12-3-2-4-13-37/h2-8,10-14,16-22,30-31,36,54H,9,15,23-29,32H2,1H3,(H,56,59)(H,60,61)/t36-/m1/s1. The van der Waals surface area contributed by atoms with Crippen LogP contribution in [-0.2, 0) is 31.0 Å². The molecule has 8 rings (SSSR count). The third kappa shape index (κ3) is 11.3. The number of anilines is 1. The van der Waals surface area contributed by atoms with E-state index in [-0.39, 0.29) is 11.3 Å². The van der Waals surface area contributed by atoms with Crippen LogP contribution >= 0.6 is 11.8 Å². The Labute approximate surface area is 406 Å². The lowest BCUT2D eigenvalue weighted by Crippen LogP contribution is -2.39. The lowest BCUT2D eigenvalue weighted by Gasteiger charge is -2.29. The van der Waals surface area contributed by atoms with Gasteiger partial charge in [0.1, 0.15) is 10.6 Å². The van der Waals surface area contributed by atoms with Crippen LogP contribution in [0.15, 0.2) is 142 Å². The highest BCUT2D eigenvalue weighted by Gasteiger charge is 2.48. The monoisotopic (exact) mass is 1020 g/mol. The second-order valence-electron chi connectivity index (χ2n) is 16.5. The minimum Gasteiger partial charge on any atom is -0.493 e. The third-order valence-electron chi connectivity index (χ3n) is 11.8. The van der Waals surface area contributed by atoms with Gasteiger partial charge in [-0.2, -0.15) is 18.3 Å². The number of fused-ring (bicyclic) bond motifs is 2. The SMILES string of the molecule is Cc1cc(C(=O)NS(=O)(=O)c2ccc(N[C@H](CCN3CCOCC3)CSc3ccccc3)c(S(=O)(=O)C(F)(F)F)c2)ccc1-c1cccc2c(CCCOc3cccc4ccccc34)c(C(=O)O)nn12. The summed E-state index contributed by atoms with van der Waals surface area (Å²) in [5, 5.41) is 19.6. The lowest BCUT2D eigenvalue weighted by atomic mass is 10.0. The maximum Gasteiger partial charge on any atom is 0.501 e. The second-order valence-corrected chi connectivity index (χ2v) is 21.2. The van der Waals surface area contributed by atoms with Gasteiger partial charge < -0.3 is 19.9 Å². The van der Waals surface area contributed by atoms with Crippen LogP contribution in [0.4, 0.5) is 18.9 Å². The Bertz CT molecular complexity index is 3270. The number of sulfonamides is 1. The number of aromatic carboxylic acids is 1. The lowest BCUT2D eigenvalue weighted by molar-refractivity contribution is -0.0436. The molecular formula is C50H48F3N5O9S3. The van der Waals surface area contributed by atoms with Crippen molar-refractivity contribution in [1.82, 2.24) is 19.2 Å². The van der Waals surface area contributed by atoms with Crippen molar-refractivity contribution in [3.63, 3.8) is 0 Å². The largest absolute Gasteiger partial charge is 0.501 e. The molecule has 366 valence electrons. The van der Waals surface area contributed by atoms with Gasteiger partial charge in [0.2, 0.25) is 0 Å². The van der Waals surface area contributed by atoms with Crippen LogP contribution in [0.1, 0.15) is 44.8 Å². The number of hydrogen-bond donors (Lipinski definition) is 3. The van der Waals surface area contributed by atoms with Gasteiger partial charge in [-0.15, -0.1) is 11.8 Å². The van der Waals surface area contributed by atoms with Gasteiger partial charge in [0.25, 0.3) is 25.8 Å². The molecule has 5 aromatic carbocycles. The van der Waals surface area contributed by atoms with E-state index < -0.39 is 58.8 Å². The zero-order valence-electron chi connectivity index (χ0n) is 37.7. The summed E-state index contributed by atoms with van der Waals surface area (Å²) in [5.41, 5.74) is -4.01. The molecule has 0 spiro atoms. The maximum absolute atomic E-state index is 14.3. The minimum atomic E-state index is -6.12. The number of aromatic nitrogens is 2. The quantitative estimate of drug-likeness (QED) is 0.0516. The number of carboxylic acids is 1. The van der Waals surface area contributed by atoms with Crippen molar-refractivity contribution in [3.8, 4) is 17.0 Å². The number of hydrogen-bond acceptors (Lipinski definition) is 12. The number of carbonyl (C=O) groups is 2. The first kappa shape index (κ1) is 50.0. The number of aryl methyl sites for hydroxylation is 2. The van der Waals surface area contributed by atoms with Gasteiger partial charge in [-0.25, -0.2) is 30.9 Å². The van der Waals surface area contributed by atoms with Crippen LogP contribution in [0.5, 0.6) is 5.75 Å². The Balaban J connectivity index is 1.01. The molecule has 0 saturated carbocycles. The van der Waals surface area contributed by atoms with E-state index >= 15 is 0 Å².